The molecule has 6 aromatic rings. The number of fused-ring (bicyclic) bond motifs is 2. The molecule has 14 heteroatoms. The maximum absolute atomic E-state index is 14.0. The van der Waals surface area contributed by atoms with Crippen molar-refractivity contribution in [1.82, 2.24) is 19.6 Å². The van der Waals surface area contributed by atoms with Gasteiger partial charge in [0.05, 0.1) is 27.2 Å². The average Bonchev–Trinajstić information content (AvgIpc) is 3.84. The number of anilines is 1. The lowest BCUT2D eigenvalue weighted by Crippen LogP contribution is -2.39. The summed E-state index contributed by atoms with van der Waals surface area (Å²) < 4.78 is 36.0. The molecule has 3 fully saturated rings. The first-order valence-electron chi connectivity index (χ1n) is 22.9. The summed E-state index contributed by atoms with van der Waals surface area (Å²) in [6, 6.07) is 28.8. The SMILES string of the molecule is CC1(O)CCC(CNc2ccc(S(=O)(=O)NC(=O)c3ccc(-c4ccc5c(c4)CCC(N4CCC[C@H]4c4ccccc4C4CC4)C5)cc3Oc3cnc4[nH]ccc4c3)cc2[N+](=O)[O-])CC1. The molecule has 2 saturated carbocycles. The molecule has 0 spiro atoms. The highest BCUT2D eigenvalue weighted by molar-refractivity contribution is 7.90. The number of carbonyl (C=O) groups is 1. The minimum atomic E-state index is -4.58. The maximum atomic E-state index is 14.0. The van der Waals surface area contributed by atoms with Gasteiger partial charge in [-0.25, -0.2) is 18.1 Å². The van der Waals surface area contributed by atoms with Crippen LogP contribution >= 0.6 is 0 Å². The third-order valence-electron chi connectivity index (χ3n) is 14.2. The van der Waals surface area contributed by atoms with Crippen molar-refractivity contribution in [3.05, 3.63) is 141 Å². The zero-order valence-electron chi connectivity index (χ0n) is 36.5. The molecule has 0 radical (unpaired) electrons. The molecule has 336 valence electrons. The van der Waals surface area contributed by atoms with E-state index in [9.17, 15) is 28.4 Å². The molecule has 1 amide bonds. The van der Waals surface area contributed by atoms with Crippen molar-refractivity contribution in [2.75, 3.05) is 18.4 Å². The lowest BCUT2D eigenvalue weighted by molar-refractivity contribution is -0.384. The lowest BCUT2D eigenvalue weighted by Gasteiger charge is -2.37. The third kappa shape index (κ3) is 9.12. The summed E-state index contributed by atoms with van der Waals surface area (Å²) in [7, 11) is -4.58. The number of H-pyrrole nitrogens is 1. The number of pyridine rings is 1. The van der Waals surface area contributed by atoms with Crippen LogP contribution in [0.1, 0.15) is 109 Å². The molecule has 2 aromatic heterocycles. The fourth-order valence-corrected chi connectivity index (χ4v) is 11.4. The molecule has 13 nitrogen and oxygen atoms in total. The normalized spacial score (nSPS) is 22.3. The number of nitro benzene ring substituents is 1. The average molecular weight is 895 g/mol. The Bertz CT molecular complexity index is 2900. The van der Waals surface area contributed by atoms with E-state index in [4.69, 9.17) is 4.74 Å². The minimum absolute atomic E-state index is 0.0463. The molecule has 1 aliphatic heterocycles. The van der Waals surface area contributed by atoms with Crippen molar-refractivity contribution in [3.63, 3.8) is 0 Å². The zero-order chi connectivity index (χ0) is 44.9. The zero-order valence-corrected chi connectivity index (χ0v) is 37.3. The van der Waals surface area contributed by atoms with Crippen LogP contribution in [0.15, 0.2) is 108 Å². The molecule has 10 rings (SSSR count). The summed E-state index contributed by atoms with van der Waals surface area (Å²) in [5.41, 5.74) is 7.09. The Morgan fingerprint density at radius 3 is 2.52 bits per heavy atom. The number of nitro groups is 1. The number of nitrogens with one attached hydrogen (secondary N) is 3. The number of likely N-dealkylation sites (tertiary alicyclic amines) is 1. The highest BCUT2D eigenvalue weighted by atomic mass is 32.2. The van der Waals surface area contributed by atoms with Gasteiger partial charge in [-0.05, 0) is 166 Å². The number of ether oxygens (including phenoxy) is 1. The van der Waals surface area contributed by atoms with Crippen LogP contribution < -0.4 is 14.8 Å². The Labute approximate surface area is 378 Å². The molecule has 4 aliphatic rings. The van der Waals surface area contributed by atoms with Gasteiger partial charge < -0.3 is 20.1 Å². The first-order valence-corrected chi connectivity index (χ1v) is 24.4. The van der Waals surface area contributed by atoms with Crippen LogP contribution in [0.5, 0.6) is 11.5 Å². The molecule has 4 N–H and O–H groups in total. The van der Waals surface area contributed by atoms with Crippen molar-refractivity contribution in [3.8, 4) is 22.6 Å². The summed E-state index contributed by atoms with van der Waals surface area (Å²) in [5, 5.41) is 26.4. The Kier molecular flexibility index (Phi) is 11.4. The lowest BCUT2D eigenvalue weighted by atomic mass is 9.80. The summed E-state index contributed by atoms with van der Waals surface area (Å²) in [6.45, 7) is 3.37. The van der Waals surface area contributed by atoms with Gasteiger partial charge in [-0.2, -0.15) is 0 Å². The van der Waals surface area contributed by atoms with Crippen molar-refractivity contribution in [2.45, 2.75) is 106 Å². The Morgan fingerprint density at radius 1 is 0.938 bits per heavy atom. The second-order valence-electron chi connectivity index (χ2n) is 18.8. The number of nitrogens with zero attached hydrogens (tertiary/aromatic N) is 3. The van der Waals surface area contributed by atoms with Crippen molar-refractivity contribution >= 4 is 38.3 Å². The van der Waals surface area contributed by atoms with Gasteiger partial charge in [0.1, 0.15) is 22.8 Å². The van der Waals surface area contributed by atoms with Crippen LogP contribution in [0.2, 0.25) is 0 Å². The second-order valence-corrected chi connectivity index (χ2v) is 20.5. The molecule has 3 aliphatic carbocycles. The number of sulfonamides is 1. The van der Waals surface area contributed by atoms with Crippen LogP contribution in [0.4, 0.5) is 11.4 Å². The van der Waals surface area contributed by atoms with E-state index in [1.165, 1.54) is 60.7 Å². The first-order chi connectivity index (χ1) is 31.4. The van der Waals surface area contributed by atoms with Crippen LogP contribution in [0.3, 0.4) is 0 Å². The molecule has 0 bridgehead atoms. The molecule has 4 aromatic carbocycles. The number of benzene rings is 4. The number of hydrogen-bond acceptors (Lipinski definition) is 10. The molecule has 2 atom stereocenters. The summed E-state index contributed by atoms with van der Waals surface area (Å²) in [5.74, 6) is 0.425. The van der Waals surface area contributed by atoms with E-state index < -0.39 is 37.0 Å². The van der Waals surface area contributed by atoms with Gasteiger partial charge in [-0.3, -0.25) is 19.8 Å². The van der Waals surface area contributed by atoms with Crippen molar-refractivity contribution < 1.29 is 28.0 Å². The van der Waals surface area contributed by atoms with Crippen LogP contribution in [-0.2, 0) is 22.9 Å². The fraction of sp³-hybridized carbons (Fsp3) is 0.373. The van der Waals surface area contributed by atoms with Crippen molar-refractivity contribution in [1.29, 1.82) is 0 Å². The number of amides is 1. The van der Waals surface area contributed by atoms with E-state index in [0.717, 1.165) is 67.1 Å². The largest absolute Gasteiger partial charge is 0.455 e. The molecule has 65 heavy (non-hydrogen) atoms. The van der Waals surface area contributed by atoms with E-state index in [-0.39, 0.29) is 22.9 Å². The summed E-state index contributed by atoms with van der Waals surface area (Å²) >= 11 is 0. The van der Waals surface area contributed by atoms with Gasteiger partial charge in [-0.15, -0.1) is 0 Å². The summed E-state index contributed by atoms with van der Waals surface area (Å²) in [6.07, 6.45) is 14.1. The van der Waals surface area contributed by atoms with Gasteiger partial charge in [0.25, 0.3) is 21.6 Å². The van der Waals surface area contributed by atoms with Crippen LogP contribution in [-0.4, -0.2) is 64.0 Å². The number of carbonyl (C=O) groups excluding carboxylic acids is 1. The predicted molar refractivity (Wildman–Crippen MR) is 250 cm³/mol. The maximum Gasteiger partial charge on any atom is 0.293 e. The van der Waals surface area contributed by atoms with E-state index in [0.29, 0.717) is 42.9 Å². The highest BCUT2D eigenvalue weighted by Gasteiger charge is 2.37. The highest BCUT2D eigenvalue weighted by Crippen LogP contribution is 2.47. The van der Waals surface area contributed by atoms with Gasteiger partial charge in [-0.1, -0.05) is 48.5 Å². The van der Waals surface area contributed by atoms with E-state index >= 15 is 0 Å². The number of aryl methyl sites for hydroxylation is 1. The molecule has 1 unspecified atom stereocenters. The van der Waals surface area contributed by atoms with E-state index in [1.54, 1.807) is 36.0 Å². The monoisotopic (exact) mass is 894 g/mol. The van der Waals surface area contributed by atoms with E-state index in [1.807, 2.05) is 13.0 Å². The first kappa shape index (κ1) is 42.8. The number of aromatic nitrogens is 2. The standard InChI is InChI=1S/C51H54N6O7S/c1-51(59)21-18-32(19-22-51)30-53-45-17-15-41(29-47(45)57(60)61)65(62,63)55-50(58)44-16-13-37(28-48(44)64-40-27-38-20-23-52-49(38)54-31-40)34-10-11-36-26-39(14-12-35(36)25-34)56-24-4-7-46(56)43-6-3-2-5-42(43)33-8-9-33/h2-3,5-6,10-11,13,15-17,20,23,25,27-29,31-33,39,46,53,59H,4,7-9,12,14,18-19,21-22,24,26,30H2,1H3,(H,52,54)(H,55,58)/t32?,39?,46-,51?/m0/s1. The van der Waals surface area contributed by atoms with Crippen LogP contribution in [0, 0.1) is 16.0 Å². The Balaban J connectivity index is 0.888. The van der Waals surface area contributed by atoms with Gasteiger partial charge >= 0.3 is 0 Å². The number of aromatic amines is 1. The van der Waals surface area contributed by atoms with Gasteiger partial charge in [0.2, 0.25) is 0 Å². The minimum Gasteiger partial charge on any atom is -0.455 e. The van der Waals surface area contributed by atoms with Crippen LogP contribution in [0.25, 0.3) is 22.2 Å². The molecular weight excluding hydrogens is 841 g/mol. The fourth-order valence-electron chi connectivity index (χ4n) is 10.4. The smallest absolute Gasteiger partial charge is 0.293 e. The number of rotatable bonds is 13. The van der Waals surface area contributed by atoms with Gasteiger partial charge in [0.15, 0.2) is 0 Å². The quantitative estimate of drug-likeness (QED) is 0.0644. The molecule has 3 heterocycles. The number of aliphatic hydroxyl groups is 1. The Morgan fingerprint density at radius 2 is 1.72 bits per heavy atom. The summed E-state index contributed by atoms with van der Waals surface area (Å²) in [4.78, 5) is 35.4. The third-order valence-corrected chi connectivity index (χ3v) is 15.5. The van der Waals surface area contributed by atoms with Gasteiger partial charge in [0, 0.05) is 36.3 Å². The topological polar surface area (TPSA) is 180 Å². The molecule has 1 saturated heterocycles. The van der Waals surface area contributed by atoms with E-state index in [2.05, 4.69) is 67.4 Å². The molecular formula is C51H54N6O7S. The Hall–Kier alpha value is -6.09. The van der Waals surface area contributed by atoms with Crippen molar-refractivity contribution in [2.24, 2.45) is 5.92 Å². The number of hydrogen-bond donors (Lipinski definition) is 4. The second kappa shape index (κ2) is 17.4. The predicted octanol–water partition coefficient (Wildman–Crippen LogP) is 9.97.